The number of nitro benzene ring substituents is 1. The molecule has 168 valence electrons. The van der Waals surface area contributed by atoms with Crippen LogP contribution in [-0.2, 0) is 6.42 Å². The Balaban J connectivity index is 1.72. The zero-order chi connectivity index (χ0) is 23.3. The van der Waals surface area contributed by atoms with Crippen molar-refractivity contribution < 1.29 is 19.2 Å². The highest BCUT2D eigenvalue weighted by molar-refractivity contribution is 8.01. The molecule has 0 aliphatic carbocycles. The van der Waals surface area contributed by atoms with E-state index in [-0.39, 0.29) is 17.2 Å². The molecule has 0 spiro atoms. The van der Waals surface area contributed by atoms with Crippen LogP contribution < -0.4 is 9.47 Å². The molecule has 0 saturated heterocycles. The Morgan fingerprint density at radius 3 is 2.56 bits per heavy atom. The molecule has 0 aliphatic heterocycles. The lowest BCUT2D eigenvalue weighted by Crippen LogP contribution is -2.28. The maximum absolute atomic E-state index is 12.9. The summed E-state index contributed by atoms with van der Waals surface area (Å²) in [5.74, 6) is 0.979. The number of thiazole rings is 1. The second kappa shape index (κ2) is 10.5. The van der Waals surface area contributed by atoms with Gasteiger partial charge in [-0.3, -0.25) is 14.9 Å². The first-order valence-corrected chi connectivity index (χ1v) is 11.4. The summed E-state index contributed by atoms with van der Waals surface area (Å²) >= 11 is 2.65. The van der Waals surface area contributed by atoms with Gasteiger partial charge in [-0.05, 0) is 43.2 Å². The molecule has 10 heteroatoms. The third kappa shape index (κ3) is 5.57. The van der Waals surface area contributed by atoms with E-state index in [1.807, 2.05) is 30.5 Å². The highest BCUT2D eigenvalue weighted by Gasteiger charge is 2.21. The minimum Gasteiger partial charge on any atom is -0.493 e. The van der Waals surface area contributed by atoms with Crippen molar-refractivity contribution in [3.63, 3.8) is 0 Å². The summed E-state index contributed by atoms with van der Waals surface area (Å²) in [5.41, 5.74) is 2.01. The third-order valence-corrected chi connectivity index (χ3v) is 6.85. The monoisotopic (exact) mass is 473 g/mol. The lowest BCUT2D eigenvalue weighted by molar-refractivity contribution is -0.387. The van der Waals surface area contributed by atoms with Gasteiger partial charge in [-0.1, -0.05) is 17.8 Å². The summed E-state index contributed by atoms with van der Waals surface area (Å²) in [5, 5.41) is 13.5. The highest BCUT2D eigenvalue weighted by atomic mass is 32.2. The zero-order valence-corrected chi connectivity index (χ0v) is 19.8. The molecule has 0 aliphatic rings. The number of aromatic nitrogens is 1. The first-order chi connectivity index (χ1) is 15.3. The molecule has 0 fully saturated rings. The van der Waals surface area contributed by atoms with Crippen LogP contribution in [0.15, 0.2) is 51.0 Å². The van der Waals surface area contributed by atoms with Crippen LogP contribution in [0.25, 0.3) is 0 Å². The minimum atomic E-state index is -0.469. The van der Waals surface area contributed by atoms with Gasteiger partial charge in [0.2, 0.25) is 0 Å². The lowest BCUT2D eigenvalue weighted by atomic mass is 10.1. The summed E-state index contributed by atoms with van der Waals surface area (Å²) in [4.78, 5) is 30.4. The van der Waals surface area contributed by atoms with E-state index >= 15 is 0 Å². The summed E-state index contributed by atoms with van der Waals surface area (Å²) < 4.78 is 11.3. The van der Waals surface area contributed by atoms with Gasteiger partial charge >= 0.3 is 0 Å². The van der Waals surface area contributed by atoms with Crippen LogP contribution in [0.3, 0.4) is 0 Å². The Morgan fingerprint density at radius 1 is 1.19 bits per heavy atom. The van der Waals surface area contributed by atoms with Crippen molar-refractivity contribution in [2.75, 3.05) is 27.8 Å². The molecule has 3 aromatic rings. The number of rotatable bonds is 9. The third-order valence-electron chi connectivity index (χ3n) is 4.73. The fourth-order valence-electron chi connectivity index (χ4n) is 3.01. The van der Waals surface area contributed by atoms with E-state index in [4.69, 9.17) is 9.47 Å². The second-order valence-corrected chi connectivity index (χ2v) is 9.11. The van der Waals surface area contributed by atoms with Crippen molar-refractivity contribution in [1.82, 2.24) is 9.88 Å². The summed E-state index contributed by atoms with van der Waals surface area (Å²) in [6.45, 7) is 2.31. The molecule has 0 N–H and O–H groups in total. The second-order valence-electron chi connectivity index (χ2n) is 6.96. The van der Waals surface area contributed by atoms with Crippen molar-refractivity contribution in [1.29, 1.82) is 0 Å². The van der Waals surface area contributed by atoms with Crippen LogP contribution in [-0.4, -0.2) is 48.5 Å². The number of hydrogen-bond donors (Lipinski definition) is 0. The van der Waals surface area contributed by atoms with Crippen LogP contribution in [0.5, 0.6) is 11.5 Å². The van der Waals surface area contributed by atoms with Crippen molar-refractivity contribution in [3.8, 4) is 11.5 Å². The van der Waals surface area contributed by atoms with E-state index in [9.17, 15) is 14.9 Å². The number of benzene rings is 2. The molecule has 0 saturated carbocycles. The van der Waals surface area contributed by atoms with Crippen LogP contribution >= 0.6 is 23.1 Å². The van der Waals surface area contributed by atoms with E-state index < -0.39 is 4.92 Å². The molecule has 1 aromatic heterocycles. The van der Waals surface area contributed by atoms with Gasteiger partial charge in [-0.15, -0.1) is 11.3 Å². The lowest BCUT2D eigenvalue weighted by Gasteiger charge is -2.18. The number of ether oxygens (including phenoxy) is 2. The van der Waals surface area contributed by atoms with Crippen LogP contribution in [0.4, 0.5) is 5.69 Å². The van der Waals surface area contributed by atoms with Gasteiger partial charge in [0.05, 0.1) is 24.0 Å². The van der Waals surface area contributed by atoms with Crippen LogP contribution in [0.2, 0.25) is 0 Å². The topological polar surface area (TPSA) is 94.8 Å². The van der Waals surface area contributed by atoms with E-state index in [0.29, 0.717) is 29.4 Å². The zero-order valence-electron chi connectivity index (χ0n) is 18.2. The Morgan fingerprint density at radius 2 is 1.94 bits per heavy atom. The number of carbonyl (C=O) groups excluding carboxylic acids is 1. The fourth-order valence-corrected chi connectivity index (χ4v) is 4.89. The standard InChI is InChI=1S/C22H23N3O5S2/c1-14-13-31-22(23-14)32-20-8-6-16(12-17(20)25(27)28)21(26)24(2)10-9-15-5-7-18(29-3)19(11-15)30-4/h5-8,11-13H,9-10H2,1-4H3. The Kier molecular flexibility index (Phi) is 7.70. The highest BCUT2D eigenvalue weighted by Crippen LogP contribution is 2.37. The van der Waals surface area contributed by atoms with E-state index in [2.05, 4.69) is 4.98 Å². The fraction of sp³-hybridized carbons (Fsp3) is 0.273. The number of methoxy groups -OCH3 is 2. The quantitative estimate of drug-likeness (QED) is 0.324. The Bertz CT molecular complexity index is 1130. The van der Waals surface area contributed by atoms with Crippen molar-refractivity contribution in [2.24, 2.45) is 0 Å². The smallest absolute Gasteiger partial charge is 0.284 e. The maximum atomic E-state index is 12.9. The largest absolute Gasteiger partial charge is 0.493 e. The predicted molar refractivity (Wildman–Crippen MR) is 124 cm³/mol. The molecule has 8 nitrogen and oxygen atoms in total. The number of nitrogens with zero attached hydrogens (tertiary/aromatic N) is 3. The molecule has 0 radical (unpaired) electrons. The van der Waals surface area contributed by atoms with Crippen LogP contribution in [0.1, 0.15) is 21.6 Å². The average molecular weight is 474 g/mol. The van der Waals surface area contributed by atoms with Crippen LogP contribution in [0, 0.1) is 17.0 Å². The first kappa shape index (κ1) is 23.6. The average Bonchev–Trinajstić information content (AvgIpc) is 3.21. The summed E-state index contributed by atoms with van der Waals surface area (Å²) in [7, 11) is 4.82. The van der Waals surface area contributed by atoms with E-state index in [0.717, 1.165) is 15.6 Å². The number of nitro groups is 1. The molecule has 3 rings (SSSR count). The van der Waals surface area contributed by atoms with Gasteiger partial charge in [-0.25, -0.2) is 4.98 Å². The number of likely N-dealkylation sites (N-methyl/N-ethyl adjacent to an activating group) is 1. The Hall–Kier alpha value is -3.11. The van der Waals surface area contributed by atoms with Crippen molar-refractivity contribution >= 4 is 34.7 Å². The molecule has 0 unspecified atom stereocenters. The number of amides is 1. The van der Waals surface area contributed by atoms with Crippen molar-refractivity contribution in [3.05, 3.63) is 68.7 Å². The minimum absolute atomic E-state index is 0.109. The SMILES string of the molecule is COc1ccc(CCN(C)C(=O)c2ccc(Sc3nc(C)cs3)c([N+](=O)[O-])c2)cc1OC. The van der Waals surface area contributed by atoms with E-state index in [1.54, 1.807) is 38.3 Å². The molecule has 0 atom stereocenters. The molecule has 0 bridgehead atoms. The van der Waals surface area contributed by atoms with Gasteiger partial charge < -0.3 is 14.4 Å². The molecule has 1 heterocycles. The van der Waals surface area contributed by atoms with E-state index in [1.165, 1.54) is 29.2 Å². The van der Waals surface area contributed by atoms with Gasteiger partial charge in [0.15, 0.2) is 15.8 Å². The predicted octanol–water partition coefficient (Wildman–Crippen LogP) is 4.84. The normalized spacial score (nSPS) is 10.6. The number of aryl methyl sites for hydroxylation is 1. The van der Waals surface area contributed by atoms with Gasteiger partial charge in [-0.2, -0.15) is 0 Å². The number of carbonyl (C=O) groups is 1. The Labute approximate surface area is 194 Å². The summed E-state index contributed by atoms with van der Waals surface area (Å²) in [6.07, 6.45) is 0.599. The molecule has 32 heavy (non-hydrogen) atoms. The maximum Gasteiger partial charge on any atom is 0.284 e. The molecular formula is C22H23N3O5S2. The number of hydrogen-bond acceptors (Lipinski definition) is 8. The summed E-state index contributed by atoms with van der Waals surface area (Å²) in [6, 6.07) is 10.2. The van der Waals surface area contributed by atoms with Gasteiger partial charge in [0.25, 0.3) is 11.6 Å². The molecule has 2 aromatic carbocycles. The first-order valence-electron chi connectivity index (χ1n) is 9.67. The van der Waals surface area contributed by atoms with Crippen molar-refractivity contribution in [2.45, 2.75) is 22.6 Å². The van der Waals surface area contributed by atoms with Gasteiger partial charge in [0.1, 0.15) is 0 Å². The molecule has 1 amide bonds. The van der Waals surface area contributed by atoms with Gasteiger partial charge in [0, 0.05) is 36.3 Å². The molecular weight excluding hydrogens is 450 g/mol.